The Kier molecular flexibility index (Phi) is 2.75. The normalized spacial score (nSPS) is 10.8. The van der Waals surface area contributed by atoms with Gasteiger partial charge in [-0.1, -0.05) is 17.3 Å². The van der Waals surface area contributed by atoms with Crippen LogP contribution in [0.4, 0.5) is 11.6 Å². The van der Waals surface area contributed by atoms with Crippen LogP contribution >= 0.6 is 0 Å². The minimum atomic E-state index is 0.374. The number of nitrogens with one attached hydrogen (secondary N) is 1. The van der Waals surface area contributed by atoms with E-state index < -0.39 is 0 Å². The Labute approximate surface area is 109 Å². The number of aromatic nitrogens is 3. The molecule has 3 N–H and O–H groups in total. The van der Waals surface area contributed by atoms with Crippen molar-refractivity contribution < 1.29 is 4.52 Å². The van der Waals surface area contributed by atoms with E-state index in [0.29, 0.717) is 18.2 Å². The Hall–Kier alpha value is -2.63. The summed E-state index contributed by atoms with van der Waals surface area (Å²) in [6.07, 6.45) is 0. The Balaban J connectivity index is 1.86. The molecule has 0 atom stereocenters. The minimum Gasteiger partial charge on any atom is -0.381 e. The van der Waals surface area contributed by atoms with Gasteiger partial charge in [0.1, 0.15) is 11.5 Å². The molecule has 0 bridgehead atoms. The van der Waals surface area contributed by atoms with Crippen LogP contribution in [0.15, 0.2) is 34.9 Å². The molecule has 6 nitrogen and oxygen atoms in total. The summed E-state index contributed by atoms with van der Waals surface area (Å²) in [5, 5.41) is 7.01. The molecule has 0 aliphatic heterocycles. The third kappa shape index (κ3) is 2.33. The van der Waals surface area contributed by atoms with Crippen molar-refractivity contribution in [3.05, 3.63) is 41.8 Å². The summed E-state index contributed by atoms with van der Waals surface area (Å²) in [4.78, 5) is 8.74. The van der Waals surface area contributed by atoms with E-state index in [1.165, 1.54) is 0 Å². The van der Waals surface area contributed by atoms with Crippen LogP contribution in [0.3, 0.4) is 0 Å². The summed E-state index contributed by atoms with van der Waals surface area (Å²) in [6, 6.07) is 9.45. The van der Waals surface area contributed by atoms with Crippen LogP contribution in [0.1, 0.15) is 11.5 Å². The van der Waals surface area contributed by atoms with E-state index in [1.54, 1.807) is 0 Å². The number of fused-ring (bicyclic) bond motifs is 1. The van der Waals surface area contributed by atoms with Gasteiger partial charge >= 0.3 is 0 Å². The number of nitrogens with two attached hydrogens (primary N) is 1. The predicted octanol–water partition coefficient (Wildman–Crippen LogP) is 2.12. The van der Waals surface area contributed by atoms with Gasteiger partial charge in [0.05, 0.1) is 17.6 Å². The van der Waals surface area contributed by atoms with Crippen molar-refractivity contribution in [2.75, 3.05) is 11.1 Å². The Morgan fingerprint density at radius 1 is 1.21 bits per heavy atom. The first kappa shape index (κ1) is 11.5. The number of rotatable bonds is 3. The lowest BCUT2D eigenvalue weighted by atomic mass is 10.3. The van der Waals surface area contributed by atoms with E-state index in [0.717, 1.165) is 22.5 Å². The van der Waals surface area contributed by atoms with E-state index >= 15 is 0 Å². The SMILES string of the molecule is Cc1cc(CNc2nc3ccccc3nc2N)no1. The smallest absolute Gasteiger partial charge is 0.169 e. The maximum atomic E-state index is 5.88. The molecular formula is C13H13N5O. The molecule has 3 aromatic rings. The first-order valence-corrected chi connectivity index (χ1v) is 5.91. The van der Waals surface area contributed by atoms with E-state index in [-0.39, 0.29) is 0 Å². The van der Waals surface area contributed by atoms with Gasteiger partial charge < -0.3 is 15.6 Å². The van der Waals surface area contributed by atoms with Crippen molar-refractivity contribution in [2.24, 2.45) is 0 Å². The van der Waals surface area contributed by atoms with Gasteiger partial charge in [-0.3, -0.25) is 0 Å². The van der Waals surface area contributed by atoms with Gasteiger partial charge in [0.15, 0.2) is 11.6 Å². The average molecular weight is 255 g/mol. The van der Waals surface area contributed by atoms with Crippen molar-refractivity contribution in [1.82, 2.24) is 15.1 Å². The summed E-state index contributed by atoms with van der Waals surface area (Å²) < 4.78 is 5.00. The van der Waals surface area contributed by atoms with Crippen LogP contribution in [0.2, 0.25) is 0 Å². The summed E-state index contributed by atoms with van der Waals surface area (Å²) in [6.45, 7) is 2.34. The summed E-state index contributed by atoms with van der Waals surface area (Å²) in [5.41, 5.74) is 8.26. The fraction of sp³-hybridized carbons (Fsp3) is 0.154. The first-order chi connectivity index (χ1) is 9.22. The quantitative estimate of drug-likeness (QED) is 0.745. The Bertz CT molecular complexity index is 722. The van der Waals surface area contributed by atoms with E-state index in [2.05, 4.69) is 20.4 Å². The van der Waals surface area contributed by atoms with Crippen LogP contribution in [-0.2, 0) is 6.54 Å². The van der Waals surface area contributed by atoms with E-state index in [9.17, 15) is 0 Å². The summed E-state index contributed by atoms with van der Waals surface area (Å²) in [7, 11) is 0. The monoisotopic (exact) mass is 255 g/mol. The number of aryl methyl sites for hydroxylation is 1. The highest BCUT2D eigenvalue weighted by molar-refractivity contribution is 5.79. The van der Waals surface area contributed by atoms with Gasteiger partial charge in [-0.05, 0) is 19.1 Å². The summed E-state index contributed by atoms with van der Waals surface area (Å²) in [5.74, 6) is 1.70. The number of hydrogen-bond donors (Lipinski definition) is 2. The topological polar surface area (TPSA) is 89.9 Å². The number of anilines is 2. The highest BCUT2D eigenvalue weighted by Crippen LogP contribution is 2.18. The van der Waals surface area contributed by atoms with Crippen molar-refractivity contribution >= 4 is 22.7 Å². The first-order valence-electron chi connectivity index (χ1n) is 5.91. The second-order valence-electron chi connectivity index (χ2n) is 4.23. The number of hydrogen-bond acceptors (Lipinski definition) is 6. The molecule has 2 heterocycles. The van der Waals surface area contributed by atoms with Crippen LogP contribution in [0.5, 0.6) is 0 Å². The van der Waals surface area contributed by atoms with Crippen molar-refractivity contribution in [3.8, 4) is 0 Å². The zero-order chi connectivity index (χ0) is 13.2. The van der Waals surface area contributed by atoms with Crippen LogP contribution in [0, 0.1) is 6.92 Å². The molecule has 0 unspecified atom stereocenters. The van der Waals surface area contributed by atoms with Crippen molar-refractivity contribution in [2.45, 2.75) is 13.5 Å². The molecule has 3 rings (SSSR count). The summed E-state index contributed by atoms with van der Waals surface area (Å²) >= 11 is 0. The van der Waals surface area contributed by atoms with Gasteiger partial charge in [0.2, 0.25) is 0 Å². The van der Waals surface area contributed by atoms with E-state index in [1.807, 2.05) is 37.3 Å². The highest BCUT2D eigenvalue weighted by Gasteiger charge is 2.06. The van der Waals surface area contributed by atoms with Gasteiger partial charge in [0, 0.05) is 6.07 Å². The highest BCUT2D eigenvalue weighted by atomic mass is 16.5. The predicted molar refractivity (Wildman–Crippen MR) is 72.5 cm³/mol. The molecule has 0 spiro atoms. The molecular weight excluding hydrogens is 242 g/mol. The largest absolute Gasteiger partial charge is 0.381 e. The van der Waals surface area contributed by atoms with Crippen LogP contribution in [0.25, 0.3) is 11.0 Å². The fourth-order valence-corrected chi connectivity index (χ4v) is 1.82. The molecule has 0 fully saturated rings. The van der Waals surface area contributed by atoms with Crippen LogP contribution < -0.4 is 11.1 Å². The van der Waals surface area contributed by atoms with Crippen LogP contribution in [-0.4, -0.2) is 15.1 Å². The average Bonchev–Trinajstić information content (AvgIpc) is 2.82. The molecule has 19 heavy (non-hydrogen) atoms. The third-order valence-electron chi connectivity index (χ3n) is 2.71. The van der Waals surface area contributed by atoms with E-state index in [4.69, 9.17) is 10.3 Å². The lowest BCUT2D eigenvalue weighted by Gasteiger charge is -2.07. The van der Waals surface area contributed by atoms with Gasteiger partial charge in [-0.2, -0.15) is 0 Å². The molecule has 0 radical (unpaired) electrons. The van der Waals surface area contributed by atoms with Crippen molar-refractivity contribution in [3.63, 3.8) is 0 Å². The molecule has 2 aromatic heterocycles. The molecule has 6 heteroatoms. The van der Waals surface area contributed by atoms with Gasteiger partial charge in [-0.15, -0.1) is 0 Å². The molecule has 0 aliphatic rings. The number of nitrogens with zero attached hydrogens (tertiary/aromatic N) is 3. The number of benzene rings is 1. The molecule has 0 saturated carbocycles. The molecule has 0 amide bonds. The van der Waals surface area contributed by atoms with Crippen molar-refractivity contribution in [1.29, 1.82) is 0 Å². The fourth-order valence-electron chi connectivity index (χ4n) is 1.82. The second kappa shape index (κ2) is 4.56. The lowest BCUT2D eigenvalue weighted by Crippen LogP contribution is -2.06. The van der Waals surface area contributed by atoms with Gasteiger partial charge in [0.25, 0.3) is 0 Å². The molecule has 96 valence electrons. The molecule has 0 aliphatic carbocycles. The number of nitrogen functional groups attached to an aromatic ring is 1. The second-order valence-corrected chi connectivity index (χ2v) is 4.23. The number of para-hydroxylation sites is 2. The maximum Gasteiger partial charge on any atom is 0.169 e. The standard InChI is InChI=1S/C13H13N5O/c1-8-6-9(18-19-8)7-15-13-12(14)16-10-4-2-3-5-11(10)17-13/h2-6H,7H2,1H3,(H2,14,16)(H,15,17). The third-order valence-corrected chi connectivity index (χ3v) is 2.71. The minimum absolute atomic E-state index is 0.374. The molecule has 1 aromatic carbocycles. The zero-order valence-corrected chi connectivity index (χ0v) is 10.4. The molecule has 0 saturated heterocycles. The Morgan fingerprint density at radius 2 is 1.95 bits per heavy atom. The lowest BCUT2D eigenvalue weighted by molar-refractivity contribution is 0.391. The Morgan fingerprint density at radius 3 is 2.63 bits per heavy atom. The van der Waals surface area contributed by atoms with Gasteiger partial charge in [-0.25, -0.2) is 9.97 Å². The maximum absolute atomic E-state index is 5.88. The zero-order valence-electron chi connectivity index (χ0n) is 10.4.